The number of hydrogen-bond acceptors (Lipinski definition) is 3. The van der Waals surface area contributed by atoms with E-state index < -0.39 is 31.4 Å². The number of rotatable bonds is 3. The smallest absolute Gasteiger partial charge is 0.227 e. The Bertz CT molecular complexity index is 883. The Balaban J connectivity index is 1.93. The predicted molar refractivity (Wildman–Crippen MR) is 87.9 cm³/mol. The summed E-state index contributed by atoms with van der Waals surface area (Å²) in [6.07, 6.45) is 2.28. The minimum atomic E-state index is -2.82. The third-order valence-corrected chi connectivity index (χ3v) is 3.88. The molecule has 2 aromatic rings. The Morgan fingerprint density at radius 1 is 1.45 bits per heavy atom. The van der Waals surface area contributed by atoms with E-state index in [0.717, 1.165) is 31.9 Å². The van der Waals surface area contributed by atoms with Crippen LogP contribution in [-0.2, 0) is 4.79 Å². The maximum Gasteiger partial charge on any atom is 0.227 e. The normalized spacial score (nSPS) is 21.0. The van der Waals surface area contributed by atoms with E-state index >= 15 is 0 Å². The molecule has 0 bridgehead atoms. The van der Waals surface area contributed by atoms with Crippen LogP contribution in [0.3, 0.4) is 0 Å². The van der Waals surface area contributed by atoms with Gasteiger partial charge in [0.2, 0.25) is 11.9 Å². The number of nitrogens with one attached hydrogen (secondary N) is 1. The molecule has 0 spiro atoms. The number of anilines is 1. The van der Waals surface area contributed by atoms with Gasteiger partial charge in [0.15, 0.2) is 5.65 Å². The number of carbonyl (C=O) groups excluding carboxylic acids is 1. The monoisotopic (exact) mass is 306 g/mol. The van der Waals surface area contributed by atoms with E-state index in [-0.39, 0.29) is 12.0 Å². The second-order valence-electron chi connectivity index (χ2n) is 6.24. The van der Waals surface area contributed by atoms with E-state index in [1.165, 1.54) is 0 Å². The van der Waals surface area contributed by atoms with Crippen LogP contribution in [0.25, 0.3) is 11.2 Å². The lowest BCUT2D eigenvalue weighted by atomic mass is 9.92. The summed E-state index contributed by atoms with van der Waals surface area (Å²) >= 11 is 0. The molecule has 3 rings (SSSR count). The van der Waals surface area contributed by atoms with Crippen LogP contribution in [0, 0.1) is 12.3 Å². The average molecular weight is 306 g/mol. The summed E-state index contributed by atoms with van der Waals surface area (Å²) in [4.78, 5) is 21.6. The van der Waals surface area contributed by atoms with Crippen molar-refractivity contribution in [3.05, 3.63) is 17.8 Å². The first kappa shape index (κ1) is 9.28. The maximum absolute atomic E-state index is 12.7. The first-order valence-corrected chi connectivity index (χ1v) is 7.49. The Morgan fingerprint density at radius 3 is 2.86 bits per heavy atom. The van der Waals surface area contributed by atoms with Crippen LogP contribution >= 0.6 is 0 Å². The molecule has 5 heteroatoms. The second kappa shape index (κ2) is 5.38. The van der Waals surface area contributed by atoms with Crippen molar-refractivity contribution in [3.63, 3.8) is 0 Å². The highest BCUT2D eigenvalue weighted by Crippen LogP contribution is 2.36. The van der Waals surface area contributed by atoms with E-state index in [1.807, 2.05) is 23.6 Å². The van der Waals surface area contributed by atoms with Gasteiger partial charge in [-0.2, -0.15) is 0 Å². The number of aromatic nitrogens is 3. The standard InChI is InChI=1S/C17H24N4O/c1-11-8-9-13-15(18-11)21(12-6-5-7-12)16(19-13)20-14(22)10-17(2,3)4/h8-9,12H,5-7,10H2,1-4H3,(H,19,20,22)/i2D3,3D3. The van der Waals surface area contributed by atoms with Crippen molar-refractivity contribution in [2.24, 2.45) is 5.41 Å². The molecule has 0 unspecified atom stereocenters. The zero-order chi connectivity index (χ0) is 20.9. The van der Waals surface area contributed by atoms with E-state index in [0.29, 0.717) is 11.2 Å². The second-order valence-corrected chi connectivity index (χ2v) is 6.24. The van der Waals surface area contributed by atoms with E-state index in [9.17, 15) is 4.79 Å². The quantitative estimate of drug-likeness (QED) is 0.937. The fraction of sp³-hybridized carbons (Fsp3) is 0.588. The van der Waals surface area contributed by atoms with Crippen LogP contribution in [0.4, 0.5) is 5.95 Å². The van der Waals surface area contributed by atoms with Gasteiger partial charge >= 0.3 is 0 Å². The van der Waals surface area contributed by atoms with Crippen LogP contribution < -0.4 is 5.32 Å². The van der Waals surface area contributed by atoms with Crippen LogP contribution in [0.5, 0.6) is 0 Å². The van der Waals surface area contributed by atoms with Crippen molar-refractivity contribution in [1.29, 1.82) is 0 Å². The van der Waals surface area contributed by atoms with Crippen molar-refractivity contribution < 1.29 is 13.0 Å². The summed E-state index contributed by atoms with van der Waals surface area (Å²) in [5, 5.41) is 2.64. The molecule has 1 aliphatic rings. The molecular formula is C17H24N4O. The zero-order valence-corrected chi connectivity index (χ0v) is 12.8. The van der Waals surface area contributed by atoms with Crippen molar-refractivity contribution in [2.75, 3.05) is 5.32 Å². The summed E-state index contributed by atoms with van der Waals surface area (Å²) in [5.74, 6) is -0.413. The first-order chi connectivity index (χ1) is 12.8. The van der Waals surface area contributed by atoms with Gasteiger partial charge in [0.25, 0.3) is 0 Å². The van der Waals surface area contributed by atoms with Crippen molar-refractivity contribution in [3.8, 4) is 0 Å². The number of fused-ring (bicyclic) bond motifs is 1. The number of nitrogens with zero attached hydrogens (tertiary/aromatic N) is 3. The molecule has 0 radical (unpaired) electrons. The topological polar surface area (TPSA) is 59.8 Å². The van der Waals surface area contributed by atoms with E-state index in [1.54, 1.807) is 0 Å². The number of carbonyl (C=O) groups is 1. The van der Waals surface area contributed by atoms with Gasteiger partial charge in [-0.05, 0) is 43.7 Å². The molecular weight excluding hydrogens is 276 g/mol. The van der Waals surface area contributed by atoms with E-state index in [4.69, 9.17) is 8.22 Å². The molecule has 1 N–H and O–H groups in total. The van der Waals surface area contributed by atoms with Gasteiger partial charge in [0, 0.05) is 26.4 Å². The van der Waals surface area contributed by atoms with Gasteiger partial charge in [-0.3, -0.25) is 14.7 Å². The molecule has 2 heterocycles. The fourth-order valence-corrected chi connectivity index (χ4v) is 2.64. The van der Waals surface area contributed by atoms with Gasteiger partial charge < -0.3 is 0 Å². The fourth-order valence-electron chi connectivity index (χ4n) is 2.64. The lowest BCUT2D eigenvalue weighted by Gasteiger charge is -2.28. The minimum Gasteiger partial charge on any atom is -0.296 e. The van der Waals surface area contributed by atoms with E-state index in [2.05, 4.69) is 15.3 Å². The third-order valence-electron chi connectivity index (χ3n) is 3.88. The third kappa shape index (κ3) is 2.98. The number of imidazole rings is 1. The van der Waals surface area contributed by atoms with Crippen LogP contribution in [0.1, 0.15) is 66.3 Å². The summed E-state index contributed by atoms with van der Waals surface area (Å²) in [5.41, 5.74) is -0.0495. The van der Waals surface area contributed by atoms with Gasteiger partial charge in [-0.25, -0.2) is 9.97 Å². The number of amides is 1. The van der Waals surface area contributed by atoms with Crippen LogP contribution in [0.15, 0.2) is 12.1 Å². The summed E-state index contributed by atoms with van der Waals surface area (Å²) in [7, 11) is 0. The van der Waals surface area contributed by atoms with Crippen LogP contribution in [0.2, 0.25) is 0 Å². The van der Waals surface area contributed by atoms with Crippen molar-refractivity contribution in [1.82, 2.24) is 14.5 Å². The van der Waals surface area contributed by atoms with Crippen molar-refractivity contribution >= 4 is 23.0 Å². The molecule has 1 fully saturated rings. The van der Waals surface area contributed by atoms with Gasteiger partial charge in [0.1, 0.15) is 5.52 Å². The summed E-state index contributed by atoms with van der Waals surface area (Å²) in [6, 6.07) is 3.80. The molecule has 0 aromatic carbocycles. The molecule has 118 valence electrons. The predicted octanol–water partition coefficient (Wildman–Crippen LogP) is 3.84. The summed E-state index contributed by atoms with van der Waals surface area (Å²) in [6.45, 7) is -2.66. The van der Waals surface area contributed by atoms with Crippen LogP contribution in [-0.4, -0.2) is 20.4 Å². The number of pyridine rings is 1. The molecule has 1 saturated carbocycles. The SMILES string of the molecule is [2H]C([2H])([2H])C(C)(CC(=O)Nc1nc2ccc(C)nc2n1C1CCC1)C([2H])([2H])[2H]. The van der Waals surface area contributed by atoms with Crippen molar-refractivity contribution in [2.45, 2.75) is 59.3 Å². The Hall–Kier alpha value is -1.91. The molecule has 22 heavy (non-hydrogen) atoms. The maximum atomic E-state index is 12.7. The molecule has 2 aromatic heterocycles. The zero-order valence-electron chi connectivity index (χ0n) is 18.8. The molecule has 0 atom stereocenters. The van der Waals surface area contributed by atoms with Gasteiger partial charge in [-0.1, -0.05) is 20.6 Å². The summed E-state index contributed by atoms with van der Waals surface area (Å²) < 4.78 is 47.7. The molecule has 5 nitrogen and oxygen atoms in total. The largest absolute Gasteiger partial charge is 0.296 e. The highest BCUT2D eigenvalue weighted by atomic mass is 16.1. The number of aryl methyl sites for hydroxylation is 1. The Morgan fingerprint density at radius 2 is 2.23 bits per heavy atom. The Labute approximate surface area is 139 Å². The number of hydrogen-bond donors (Lipinski definition) is 1. The molecule has 1 amide bonds. The minimum absolute atomic E-state index is 0.159. The lowest BCUT2D eigenvalue weighted by molar-refractivity contribution is -0.117. The molecule has 1 aliphatic carbocycles. The molecule has 0 saturated heterocycles. The van der Waals surface area contributed by atoms with Gasteiger partial charge in [-0.15, -0.1) is 0 Å². The highest BCUT2D eigenvalue weighted by Gasteiger charge is 2.27. The van der Waals surface area contributed by atoms with Gasteiger partial charge in [0.05, 0.1) is 0 Å². The molecule has 0 aliphatic heterocycles. The lowest BCUT2D eigenvalue weighted by Crippen LogP contribution is -2.24. The highest BCUT2D eigenvalue weighted by molar-refractivity contribution is 5.91. The first-order valence-electron chi connectivity index (χ1n) is 10.5. The average Bonchev–Trinajstić information content (AvgIpc) is 2.81. The Kier molecular flexibility index (Phi) is 2.27.